The van der Waals surface area contributed by atoms with Gasteiger partial charge in [0.15, 0.2) is 0 Å². The molecule has 0 aromatic heterocycles. The van der Waals surface area contributed by atoms with Gasteiger partial charge in [0.2, 0.25) is 0 Å². The van der Waals surface area contributed by atoms with Gasteiger partial charge in [-0.15, -0.1) is 0 Å². The van der Waals surface area contributed by atoms with Gasteiger partial charge in [-0.25, -0.2) is 0 Å². The molecule has 4 heteroatoms. The van der Waals surface area contributed by atoms with Crippen molar-refractivity contribution in [3.8, 4) is 0 Å². The SMILES string of the molecule is C1CCCCCCC1.CCC(=O)OC.[C]=O.[W]. The first kappa shape index (κ1) is 22.0. The van der Waals surface area contributed by atoms with E-state index in [1.807, 2.05) is 0 Å². The van der Waals surface area contributed by atoms with Crippen LogP contribution in [0.5, 0.6) is 0 Å². The van der Waals surface area contributed by atoms with Crippen molar-refractivity contribution in [3.05, 3.63) is 0 Å². The summed E-state index contributed by atoms with van der Waals surface area (Å²) in [6.07, 6.45) is 12.5. The monoisotopic (exact) mass is 412 g/mol. The van der Waals surface area contributed by atoms with E-state index in [0.717, 1.165) is 0 Å². The molecule has 2 radical (unpaired) electrons. The first-order chi connectivity index (χ1) is 7.81. The van der Waals surface area contributed by atoms with Gasteiger partial charge in [-0.1, -0.05) is 58.3 Å². The van der Waals surface area contributed by atoms with E-state index >= 15 is 0 Å². The second kappa shape index (κ2) is 21.1. The van der Waals surface area contributed by atoms with Crippen LogP contribution in [-0.4, -0.2) is 19.9 Å². The third-order valence-electron chi connectivity index (χ3n) is 2.52. The third-order valence-corrected chi connectivity index (χ3v) is 2.52. The number of hydrogen-bond donors (Lipinski definition) is 0. The zero-order valence-corrected chi connectivity index (χ0v) is 13.9. The van der Waals surface area contributed by atoms with Crippen LogP contribution < -0.4 is 0 Å². The van der Waals surface area contributed by atoms with Crippen molar-refractivity contribution in [2.75, 3.05) is 7.11 Å². The summed E-state index contributed by atoms with van der Waals surface area (Å²) in [6.45, 7) is 6.26. The standard InChI is InChI=1S/C8H16.C4H8O2.CO.W/c1-2-4-6-8-7-5-3-1;1-3-4(5)6-2;1-2;/h1-8H2;3H2,1-2H3;;. The summed E-state index contributed by atoms with van der Waals surface area (Å²) in [5, 5.41) is 0. The number of ether oxygens (including phenoxy) is 1. The molecule has 0 saturated heterocycles. The van der Waals surface area contributed by atoms with E-state index in [0.29, 0.717) is 6.42 Å². The molecule has 1 fully saturated rings. The molecule has 17 heavy (non-hydrogen) atoms. The van der Waals surface area contributed by atoms with Crippen LogP contribution in [0.15, 0.2) is 0 Å². The van der Waals surface area contributed by atoms with E-state index in [9.17, 15) is 4.79 Å². The molecule has 0 heterocycles. The summed E-state index contributed by atoms with van der Waals surface area (Å²) in [5.41, 5.74) is 0. The third kappa shape index (κ3) is 21.6. The molecule has 1 aliphatic rings. The zero-order chi connectivity index (χ0) is 12.6. The largest absolute Gasteiger partial charge is 0.469 e. The Labute approximate surface area is 120 Å². The van der Waals surface area contributed by atoms with Gasteiger partial charge in [-0.05, 0) is 0 Å². The number of methoxy groups -OCH3 is 1. The van der Waals surface area contributed by atoms with Gasteiger partial charge >= 0.3 is 5.97 Å². The van der Waals surface area contributed by atoms with Crippen LogP contribution in [0, 0.1) is 0 Å². The Morgan fingerprint density at radius 2 is 1.18 bits per heavy atom. The predicted octanol–water partition coefficient (Wildman–Crippen LogP) is 3.29. The summed E-state index contributed by atoms with van der Waals surface area (Å²) >= 11 is 0. The van der Waals surface area contributed by atoms with Crippen molar-refractivity contribution >= 4 is 12.8 Å². The molecule has 0 N–H and O–H groups in total. The summed E-state index contributed by atoms with van der Waals surface area (Å²) in [7, 11) is 1.38. The summed E-state index contributed by atoms with van der Waals surface area (Å²) < 4.78 is 4.26. The summed E-state index contributed by atoms with van der Waals surface area (Å²) in [5.74, 6) is -0.157. The molecule has 0 unspecified atom stereocenters. The molecule has 1 saturated carbocycles. The van der Waals surface area contributed by atoms with E-state index in [1.54, 1.807) is 6.92 Å². The van der Waals surface area contributed by atoms with Gasteiger partial charge in [0, 0.05) is 27.5 Å². The Balaban J connectivity index is -0.000000197. The van der Waals surface area contributed by atoms with Gasteiger partial charge in [-0.2, -0.15) is 0 Å². The Morgan fingerprint density at radius 1 is 0.941 bits per heavy atom. The Morgan fingerprint density at radius 3 is 1.24 bits per heavy atom. The Hall–Kier alpha value is -0.172. The number of carbonyl (C=O) groups is 1. The van der Waals surface area contributed by atoms with Crippen LogP contribution in [0.2, 0.25) is 0 Å². The molecule has 0 aliphatic heterocycles. The molecular weight excluding hydrogens is 388 g/mol. The number of carbonyl (C=O) groups excluding carboxylic acids is 2. The predicted molar refractivity (Wildman–Crippen MR) is 64.9 cm³/mol. The fourth-order valence-electron chi connectivity index (χ4n) is 1.56. The molecule has 1 rings (SSSR count). The second-order valence-electron chi connectivity index (χ2n) is 3.76. The Kier molecular flexibility index (Phi) is 27.4. The van der Waals surface area contributed by atoms with Crippen LogP contribution in [0.25, 0.3) is 0 Å². The molecule has 0 spiro atoms. The van der Waals surface area contributed by atoms with E-state index in [4.69, 9.17) is 4.79 Å². The van der Waals surface area contributed by atoms with E-state index < -0.39 is 0 Å². The average Bonchev–Trinajstić information content (AvgIpc) is 2.30. The normalized spacial score (nSPS) is 14.2. The minimum absolute atomic E-state index is 0. The second-order valence-corrected chi connectivity index (χ2v) is 3.76. The van der Waals surface area contributed by atoms with Gasteiger partial charge in [0.05, 0.1) is 7.11 Å². The Bertz CT molecular complexity index is 122. The smallest absolute Gasteiger partial charge is 0.305 e. The van der Waals surface area contributed by atoms with Crippen LogP contribution in [-0.2, 0) is 35.4 Å². The maximum Gasteiger partial charge on any atom is 0.305 e. The molecule has 0 aromatic carbocycles. The molecule has 100 valence electrons. The molecule has 0 aromatic rings. The quantitative estimate of drug-likeness (QED) is 0.621. The number of esters is 1. The van der Waals surface area contributed by atoms with Crippen molar-refractivity contribution in [2.24, 2.45) is 0 Å². The van der Waals surface area contributed by atoms with Crippen LogP contribution in [0.3, 0.4) is 0 Å². The van der Waals surface area contributed by atoms with Crippen molar-refractivity contribution < 1.29 is 35.4 Å². The van der Waals surface area contributed by atoms with E-state index in [-0.39, 0.29) is 27.0 Å². The molecule has 3 nitrogen and oxygen atoms in total. The first-order valence-corrected chi connectivity index (χ1v) is 6.08. The molecule has 0 amide bonds. The number of rotatable bonds is 1. The molecular formula is C13H24O3W. The molecule has 1 aliphatic carbocycles. The van der Waals surface area contributed by atoms with Crippen molar-refractivity contribution in [3.63, 3.8) is 0 Å². The minimum Gasteiger partial charge on any atom is -0.469 e. The fraction of sp³-hybridized carbons (Fsp3) is 0.846. The number of hydrogen-bond acceptors (Lipinski definition) is 3. The van der Waals surface area contributed by atoms with Gasteiger partial charge in [0.25, 0.3) is 6.79 Å². The average molecular weight is 412 g/mol. The molecule has 0 atom stereocenters. The molecule has 0 bridgehead atoms. The minimum atomic E-state index is -0.157. The van der Waals surface area contributed by atoms with Crippen molar-refractivity contribution in [1.82, 2.24) is 0 Å². The van der Waals surface area contributed by atoms with Crippen LogP contribution >= 0.6 is 0 Å². The van der Waals surface area contributed by atoms with E-state index in [1.165, 1.54) is 58.5 Å². The van der Waals surface area contributed by atoms with Gasteiger partial charge in [0.1, 0.15) is 0 Å². The summed E-state index contributed by atoms with van der Waals surface area (Å²) in [4.78, 5) is 17.5. The fourth-order valence-corrected chi connectivity index (χ4v) is 1.56. The van der Waals surface area contributed by atoms with Crippen molar-refractivity contribution in [2.45, 2.75) is 64.7 Å². The van der Waals surface area contributed by atoms with Crippen molar-refractivity contribution in [1.29, 1.82) is 0 Å². The first-order valence-electron chi connectivity index (χ1n) is 6.08. The topological polar surface area (TPSA) is 43.4 Å². The van der Waals surface area contributed by atoms with E-state index in [2.05, 4.69) is 11.5 Å². The zero-order valence-electron chi connectivity index (χ0n) is 11.0. The van der Waals surface area contributed by atoms with Gasteiger partial charge in [-0.3, -0.25) is 9.59 Å². The van der Waals surface area contributed by atoms with Gasteiger partial charge < -0.3 is 4.74 Å². The van der Waals surface area contributed by atoms with Crippen LogP contribution in [0.4, 0.5) is 0 Å². The maximum atomic E-state index is 9.96. The maximum absolute atomic E-state index is 9.96. The van der Waals surface area contributed by atoms with Crippen LogP contribution in [0.1, 0.15) is 64.7 Å². The summed E-state index contributed by atoms with van der Waals surface area (Å²) in [6, 6.07) is 0.